The van der Waals surface area contributed by atoms with E-state index in [4.69, 9.17) is 0 Å². The molecule has 0 fully saturated rings. The van der Waals surface area contributed by atoms with E-state index in [1.807, 2.05) is 0 Å². The highest BCUT2D eigenvalue weighted by Gasteiger charge is 2.30. The lowest BCUT2D eigenvalue weighted by molar-refractivity contribution is -0.137. The molecule has 0 saturated heterocycles. The van der Waals surface area contributed by atoms with Crippen molar-refractivity contribution in [3.05, 3.63) is 70.8 Å². The summed E-state index contributed by atoms with van der Waals surface area (Å²) >= 11 is 0. The first-order chi connectivity index (χ1) is 12.9. The predicted octanol–water partition coefficient (Wildman–Crippen LogP) is 2.37. The Kier molecular flexibility index (Phi) is 6.86. The molecule has 2 rings (SSSR count). The van der Waals surface area contributed by atoms with E-state index < -0.39 is 37.5 Å². The average molecular weight is 436 g/mol. The van der Waals surface area contributed by atoms with Gasteiger partial charge in [0.05, 0.1) is 17.1 Å². The lowest BCUT2D eigenvalue weighted by Crippen LogP contribution is -2.25. The largest absolute Gasteiger partial charge is 0.416 e. The lowest BCUT2D eigenvalue weighted by atomic mass is 10.1. The van der Waals surface area contributed by atoms with Crippen molar-refractivity contribution in [3.8, 4) is 0 Å². The number of sulfonamides is 2. The van der Waals surface area contributed by atoms with Crippen LogP contribution in [0.2, 0.25) is 0 Å². The highest BCUT2D eigenvalue weighted by atomic mass is 32.2. The third-order valence-electron chi connectivity index (χ3n) is 3.77. The summed E-state index contributed by atoms with van der Waals surface area (Å²) in [5, 5.41) is 0. The fraction of sp³-hybridized carbons (Fsp3) is 0.294. The minimum Gasteiger partial charge on any atom is -0.218 e. The molecule has 0 radical (unpaired) electrons. The second-order valence-electron chi connectivity index (χ2n) is 6.06. The Hall–Kier alpha value is -1.95. The first-order valence-corrected chi connectivity index (χ1v) is 11.3. The summed E-state index contributed by atoms with van der Waals surface area (Å²) in [6.45, 7) is -0.116. The number of benzene rings is 2. The number of rotatable bonds is 8. The molecule has 0 amide bonds. The second-order valence-corrected chi connectivity index (χ2v) is 9.79. The van der Waals surface area contributed by atoms with E-state index in [2.05, 4.69) is 9.44 Å². The van der Waals surface area contributed by atoms with Gasteiger partial charge in [0, 0.05) is 6.54 Å². The third-order valence-corrected chi connectivity index (χ3v) is 6.40. The standard InChI is InChI=1S/C17H19F3N2O4S2/c1-21-27(23,24)11-14-5-2-4-13(8-14)10-22-28(25,26)12-15-6-3-7-16(9-15)17(18,19)20/h2-9,21-22H,10-12H2,1H3. The monoisotopic (exact) mass is 436 g/mol. The van der Waals surface area contributed by atoms with Gasteiger partial charge in [0.1, 0.15) is 0 Å². The molecular weight excluding hydrogens is 417 g/mol. The molecule has 11 heteroatoms. The molecule has 0 heterocycles. The van der Waals surface area contributed by atoms with Crippen LogP contribution in [-0.4, -0.2) is 23.9 Å². The van der Waals surface area contributed by atoms with Crippen molar-refractivity contribution >= 4 is 20.0 Å². The van der Waals surface area contributed by atoms with Crippen LogP contribution in [0.1, 0.15) is 22.3 Å². The SMILES string of the molecule is CNS(=O)(=O)Cc1cccc(CNS(=O)(=O)Cc2cccc(C(F)(F)F)c2)c1. The number of hydrogen-bond donors (Lipinski definition) is 2. The Morgan fingerprint density at radius 2 is 1.36 bits per heavy atom. The summed E-state index contributed by atoms with van der Waals surface area (Å²) in [6.07, 6.45) is -4.55. The van der Waals surface area contributed by atoms with Crippen molar-refractivity contribution in [2.45, 2.75) is 24.2 Å². The van der Waals surface area contributed by atoms with Crippen LogP contribution in [0.15, 0.2) is 48.5 Å². The summed E-state index contributed by atoms with van der Waals surface area (Å²) in [5.74, 6) is -0.862. The van der Waals surface area contributed by atoms with E-state index in [0.717, 1.165) is 18.2 Å². The zero-order valence-electron chi connectivity index (χ0n) is 14.8. The second kappa shape index (κ2) is 8.60. The maximum absolute atomic E-state index is 12.7. The molecular formula is C17H19F3N2O4S2. The van der Waals surface area contributed by atoms with Crippen molar-refractivity contribution in [1.29, 1.82) is 0 Å². The van der Waals surface area contributed by atoms with Crippen LogP contribution in [0.4, 0.5) is 13.2 Å². The Morgan fingerprint density at radius 3 is 1.96 bits per heavy atom. The summed E-state index contributed by atoms with van der Waals surface area (Å²) in [5.41, 5.74) is 0.0928. The Balaban J connectivity index is 2.06. The molecule has 0 atom stereocenters. The Morgan fingerprint density at radius 1 is 0.821 bits per heavy atom. The normalized spacial score (nSPS) is 12.9. The van der Waals surface area contributed by atoms with Gasteiger partial charge in [-0.2, -0.15) is 13.2 Å². The molecule has 154 valence electrons. The third kappa shape index (κ3) is 6.89. The molecule has 2 aromatic rings. The van der Waals surface area contributed by atoms with E-state index in [1.54, 1.807) is 24.3 Å². The van der Waals surface area contributed by atoms with Gasteiger partial charge >= 0.3 is 6.18 Å². The van der Waals surface area contributed by atoms with Gasteiger partial charge in [-0.25, -0.2) is 26.3 Å². The van der Waals surface area contributed by atoms with Crippen molar-refractivity contribution < 1.29 is 30.0 Å². The van der Waals surface area contributed by atoms with Crippen LogP contribution in [0, 0.1) is 0 Å². The van der Waals surface area contributed by atoms with Crippen LogP contribution in [-0.2, 0) is 44.3 Å². The fourth-order valence-corrected chi connectivity index (χ4v) is 4.29. The highest BCUT2D eigenvalue weighted by Crippen LogP contribution is 2.29. The highest BCUT2D eigenvalue weighted by molar-refractivity contribution is 7.88. The quantitative estimate of drug-likeness (QED) is 0.665. The van der Waals surface area contributed by atoms with Gasteiger partial charge in [-0.05, 0) is 29.8 Å². The first kappa shape index (κ1) is 22.3. The predicted molar refractivity (Wildman–Crippen MR) is 99.0 cm³/mol. The Labute approximate surface area is 161 Å². The molecule has 0 spiro atoms. The van der Waals surface area contributed by atoms with Gasteiger partial charge in [-0.3, -0.25) is 0 Å². The molecule has 0 aliphatic carbocycles. The minimum absolute atomic E-state index is 0.0104. The topological polar surface area (TPSA) is 92.3 Å². The van der Waals surface area contributed by atoms with Crippen LogP contribution < -0.4 is 9.44 Å². The van der Waals surface area contributed by atoms with E-state index in [9.17, 15) is 30.0 Å². The van der Waals surface area contributed by atoms with Gasteiger partial charge in [-0.1, -0.05) is 42.5 Å². The molecule has 0 bridgehead atoms. The molecule has 0 aliphatic heterocycles. The van der Waals surface area contributed by atoms with Crippen LogP contribution in [0.5, 0.6) is 0 Å². The maximum atomic E-state index is 12.7. The van der Waals surface area contributed by atoms with Crippen molar-refractivity contribution in [2.24, 2.45) is 0 Å². The molecule has 28 heavy (non-hydrogen) atoms. The van der Waals surface area contributed by atoms with E-state index in [0.29, 0.717) is 11.1 Å². The van der Waals surface area contributed by atoms with Crippen LogP contribution >= 0.6 is 0 Å². The zero-order chi connectivity index (χ0) is 21.0. The van der Waals surface area contributed by atoms with Gasteiger partial charge in [0.25, 0.3) is 0 Å². The summed E-state index contributed by atoms with van der Waals surface area (Å²) in [6, 6.07) is 10.5. The smallest absolute Gasteiger partial charge is 0.218 e. The van der Waals surface area contributed by atoms with Crippen LogP contribution in [0.3, 0.4) is 0 Å². The van der Waals surface area contributed by atoms with Crippen LogP contribution in [0.25, 0.3) is 0 Å². The average Bonchev–Trinajstić information content (AvgIpc) is 2.59. The minimum atomic E-state index is -4.55. The zero-order valence-corrected chi connectivity index (χ0v) is 16.5. The molecule has 0 saturated carbocycles. The van der Waals surface area contributed by atoms with E-state index in [-0.39, 0.29) is 17.9 Å². The van der Waals surface area contributed by atoms with Crippen molar-refractivity contribution in [2.75, 3.05) is 7.05 Å². The molecule has 0 aromatic heterocycles. The van der Waals surface area contributed by atoms with Gasteiger partial charge < -0.3 is 0 Å². The lowest BCUT2D eigenvalue weighted by Gasteiger charge is -2.11. The van der Waals surface area contributed by atoms with E-state index >= 15 is 0 Å². The molecule has 0 unspecified atom stereocenters. The maximum Gasteiger partial charge on any atom is 0.416 e. The van der Waals surface area contributed by atoms with E-state index in [1.165, 1.54) is 13.1 Å². The summed E-state index contributed by atoms with van der Waals surface area (Å²) in [7, 11) is -6.07. The summed E-state index contributed by atoms with van der Waals surface area (Å²) < 4.78 is 90.3. The number of halogens is 3. The number of alkyl halides is 3. The number of nitrogens with one attached hydrogen (secondary N) is 2. The summed E-state index contributed by atoms with van der Waals surface area (Å²) in [4.78, 5) is 0. The molecule has 0 aliphatic rings. The van der Waals surface area contributed by atoms with Gasteiger partial charge in [0.2, 0.25) is 20.0 Å². The van der Waals surface area contributed by atoms with Gasteiger partial charge in [-0.15, -0.1) is 0 Å². The first-order valence-electron chi connectivity index (χ1n) is 8.03. The van der Waals surface area contributed by atoms with Crippen molar-refractivity contribution in [1.82, 2.24) is 9.44 Å². The number of hydrogen-bond acceptors (Lipinski definition) is 4. The van der Waals surface area contributed by atoms with Gasteiger partial charge in [0.15, 0.2) is 0 Å². The molecule has 6 nitrogen and oxygen atoms in total. The molecule has 2 N–H and O–H groups in total. The van der Waals surface area contributed by atoms with Crippen molar-refractivity contribution in [3.63, 3.8) is 0 Å². The molecule has 2 aromatic carbocycles. The Bertz CT molecular complexity index is 1040. The fourth-order valence-electron chi connectivity index (χ4n) is 2.42.